The monoisotopic (exact) mass is 319 g/mol. The molecule has 0 aromatic carbocycles. The highest BCUT2D eigenvalue weighted by Crippen LogP contribution is 2.30. The molecule has 0 spiro atoms. The van der Waals surface area contributed by atoms with Gasteiger partial charge in [0.1, 0.15) is 11.1 Å². The molecule has 4 heterocycles. The molecule has 1 atom stereocenters. The van der Waals surface area contributed by atoms with Crippen molar-refractivity contribution < 1.29 is 4.74 Å². The third kappa shape index (κ3) is 3.64. The Balaban J connectivity index is 1.72. The average Bonchev–Trinajstić information content (AvgIpc) is 2.57. The quantitative estimate of drug-likeness (QED) is 0.486. The highest BCUT2D eigenvalue weighted by Gasteiger charge is 2.36. The van der Waals surface area contributed by atoms with E-state index in [-0.39, 0.29) is 6.10 Å². The highest BCUT2D eigenvalue weighted by molar-refractivity contribution is 7.98. The van der Waals surface area contributed by atoms with E-state index in [2.05, 4.69) is 24.9 Å². The Kier molecular flexibility index (Phi) is 5.04. The number of ether oxygens (including phenoxy) is 1. The number of fused-ring (bicyclic) bond motifs is 3. The maximum Gasteiger partial charge on any atom is 0.318 e. The van der Waals surface area contributed by atoms with Crippen LogP contribution in [0, 0.1) is 5.92 Å². The second kappa shape index (κ2) is 7.19. The summed E-state index contributed by atoms with van der Waals surface area (Å²) in [5, 5.41) is 0.873. The minimum Gasteiger partial charge on any atom is -0.458 e. The fourth-order valence-electron chi connectivity index (χ4n) is 2.95. The SMILES string of the molecule is CC=NC(=Nc1cnc(SC)cn1)OC1CN2CCC1CC2. The van der Waals surface area contributed by atoms with Gasteiger partial charge in [-0.2, -0.15) is 4.99 Å². The van der Waals surface area contributed by atoms with E-state index < -0.39 is 0 Å². The van der Waals surface area contributed by atoms with Gasteiger partial charge in [0.2, 0.25) is 0 Å². The summed E-state index contributed by atoms with van der Waals surface area (Å²) in [6, 6.07) is 0.382. The lowest BCUT2D eigenvalue weighted by Crippen LogP contribution is -2.51. The molecular formula is C15H21N5OS. The number of aromatic nitrogens is 2. The Bertz CT molecular complexity index is 552. The topological polar surface area (TPSA) is 63.0 Å². The van der Waals surface area contributed by atoms with Crippen molar-refractivity contribution >= 4 is 29.8 Å². The Morgan fingerprint density at radius 2 is 2.18 bits per heavy atom. The number of thioether (sulfide) groups is 1. The van der Waals surface area contributed by atoms with E-state index in [1.54, 1.807) is 30.4 Å². The van der Waals surface area contributed by atoms with Crippen LogP contribution in [-0.4, -0.2) is 59.1 Å². The first kappa shape index (κ1) is 15.4. The van der Waals surface area contributed by atoms with Crippen molar-refractivity contribution in [2.75, 3.05) is 25.9 Å². The molecule has 7 heteroatoms. The first-order valence-electron chi connectivity index (χ1n) is 7.61. The number of piperidine rings is 3. The van der Waals surface area contributed by atoms with Crippen LogP contribution in [0.25, 0.3) is 0 Å². The van der Waals surface area contributed by atoms with E-state index in [1.165, 1.54) is 25.9 Å². The summed E-state index contributed by atoms with van der Waals surface area (Å²) in [5.74, 6) is 1.15. The molecule has 4 rings (SSSR count). The standard InChI is InChI=1S/C15H21N5OS/c1-3-16-15(19-13-8-18-14(22-2)9-17-13)21-12-10-20-6-4-11(12)5-7-20/h3,8-9,11-12H,4-7,10H2,1-2H3. The molecule has 22 heavy (non-hydrogen) atoms. The molecule has 3 aliphatic heterocycles. The zero-order valence-corrected chi connectivity index (χ0v) is 13.8. The van der Waals surface area contributed by atoms with Crippen molar-refractivity contribution in [1.29, 1.82) is 0 Å². The lowest BCUT2D eigenvalue weighted by Gasteiger charge is -2.43. The van der Waals surface area contributed by atoms with Crippen molar-refractivity contribution in [2.45, 2.75) is 30.9 Å². The predicted octanol–water partition coefficient (Wildman–Crippen LogP) is 2.39. The summed E-state index contributed by atoms with van der Waals surface area (Å²) in [4.78, 5) is 19.6. The Labute approximate surface area is 135 Å². The van der Waals surface area contributed by atoms with Crippen molar-refractivity contribution in [3.63, 3.8) is 0 Å². The van der Waals surface area contributed by atoms with Gasteiger partial charge in [0.25, 0.3) is 0 Å². The molecule has 2 bridgehead atoms. The Hall–Kier alpha value is -1.47. The molecule has 1 unspecified atom stereocenters. The zero-order chi connectivity index (χ0) is 15.4. The van der Waals surface area contributed by atoms with Crippen LogP contribution < -0.4 is 0 Å². The van der Waals surface area contributed by atoms with Crippen LogP contribution in [0.2, 0.25) is 0 Å². The first-order chi connectivity index (χ1) is 10.8. The molecule has 0 amide bonds. The summed E-state index contributed by atoms with van der Waals surface area (Å²) >= 11 is 1.55. The van der Waals surface area contributed by atoms with Gasteiger partial charge in [-0.15, -0.1) is 11.8 Å². The molecule has 0 saturated carbocycles. The van der Waals surface area contributed by atoms with Crippen molar-refractivity contribution in [2.24, 2.45) is 15.9 Å². The van der Waals surface area contributed by atoms with Crippen molar-refractivity contribution in [3.8, 4) is 0 Å². The highest BCUT2D eigenvalue weighted by atomic mass is 32.2. The van der Waals surface area contributed by atoms with Gasteiger partial charge < -0.3 is 4.74 Å². The predicted molar refractivity (Wildman–Crippen MR) is 89.1 cm³/mol. The van der Waals surface area contributed by atoms with E-state index in [4.69, 9.17) is 4.74 Å². The number of hydrogen-bond acceptors (Lipinski definition) is 6. The maximum absolute atomic E-state index is 6.06. The van der Waals surface area contributed by atoms with Gasteiger partial charge in [0.05, 0.1) is 12.4 Å². The number of aliphatic imine (C=N–C) groups is 2. The van der Waals surface area contributed by atoms with Gasteiger partial charge in [-0.25, -0.2) is 15.0 Å². The summed E-state index contributed by atoms with van der Waals surface area (Å²) in [6.45, 7) is 5.21. The van der Waals surface area contributed by atoms with Crippen LogP contribution >= 0.6 is 11.8 Å². The van der Waals surface area contributed by atoms with Crippen LogP contribution in [0.3, 0.4) is 0 Å². The second-order valence-electron chi connectivity index (χ2n) is 5.49. The van der Waals surface area contributed by atoms with Crippen LogP contribution in [0.1, 0.15) is 19.8 Å². The van der Waals surface area contributed by atoms with Gasteiger partial charge in [-0.05, 0) is 45.0 Å². The minimum absolute atomic E-state index is 0.184. The van der Waals surface area contributed by atoms with Gasteiger partial charge in [0.15, 0.2) is 5.82 Å². The minimum atomic E-state index is 0.184. The Morgan fingerprint density at radius 3 is 2.73 bits per heavy atom. The lowest BCUT2D eigenvalue weighted by atomic mass is 9.86. The average molecular weight is 319 g/mol. The zero-order valence-electron chi connectivity index (χ0n) is 13.0. The third-order valence-electron chi connectivity index (χ3n) is 4.13. The summed E-state index contributed by atoms with van der Waals surface area (Å²) in [7, 11) is 0. The molecule has 3 saturated heterocycles. The van der Waals surface area contributed by atoms with Crippen LogP contribution in [0.15, 0.2) is 27.4 Å². The fourth-order valence-corrected chi connectivity index (χ4v) is 3.26. The van der Waals surface area contributed by atoms with Crippen LogP contribution in [0.5, 0.6) is 0 Å². The van der Waals surface area contributed by atoms with E-state index in [1.807, 2.05) is 13.2 Å². The number of hydrogen-bond donors (Lipinski definition) is 0. The van der Waals surface area contributed by atoms with Gasteiger partial charge in [0, 0.05) is 12.8 Å². The Morgan fingerprint density at radius 1 is 1.36 bits per heavy atom. The van der Waals surface area contributed by atoms with E-state index in [9.17, 15) is 0 Å². The molecule has 0 aliphatic carbocycles. The number of rotatable bonds is 3. The fraction of sp³-hybridized carbons (Fsp3) is 0.600. The van der Waals surface area contributed by atoms with Gasteiger partial charge in [-0.3, -0.25) is 4.90 Å². The van der Waals surface area contributed by atoms with Crippen LogP contribution in [0.4, 0.5) is 5.82 Å². The number of nitrogens with zero attached hydrogens (tertiary/aromatic N) is 5. The molecule has 118 valence electrons. The lowest BCUT2D eigenvalue weighted by molar-refractivity contribution is -0.0152. The molecular weight excluding hydrogens is 298 g/mol. The van der Waals surface area contributed by atoms with Crippen molar-refractivity contribution in [3.05, 3.63) is 12.4 Å². The summed E-state index contributed by atoms with van der Waals surface area (Å²) in [6.07, 6.45) is 9.62. The molecule has 0 N–H and O–H groups in total. The summed E-state index contributed by atoms with van der Waals surface area (Å²) in [5.41, 5.74) is 0. The molecule has 1 aromatic heterocycles. The molecule has 6 nitrogen and oxygen atoms in total. The smallest absolute Gasteiger partial charge is 0.318 e. The van der Waals surface area contributed by atoms with E-state index in [0.29, 0.717) is 17.8 Å². The number of amidine groups is 1. The maximum atomic E-state index is 6.06. The van der Waals surface area contributed by atoms with Crippen LogP contribution in [-0.2, 0) is 4.74 Å². The molecule has 3 aliphatic rings. The third-order valence-corrected chi connectivity index (χ3v) is 4.76. The van der Waals surface area contributed by atoms with E-state index in [0.717, 1.165) is 11.6 Å². The largest absolute Gasteiger partial charge is 0.458 e. The molecule has 1 aromatic rings. The van der Waals surface area contributed by atoms with E-state index >= 15 is 0 Å². The van der Waals surface area contributed by atoms with Gasteiger partial charge >= 0.3 is 6.02 Å². The second-order valence-corrected chi connectivity index (χ2v) is 6.32. The molecule has 0 radical (unpaired) electrons. The van der Waals surface area contributed by atoms with Crippen molar-refractivity contribution in [1.82, 2.24) is 14.9 Å². The summed E-state index contributed by atoms with van der Waals surface area (Å²) < 4.78 is 6.06. The normalized spacial score (nSPS) is 28.3. The first-order valence-corrected chi connectivity index (χ1v) is 8.83. The molecule has 3 fully saturated rings. The van der Waals surface area contributed by atoms with Gasteiger partial charge in [-0.1, -0.05) is 0 Å².